The second kappa shape index (κ2) is 6.48. The fourth-order valence-electron chi connectivity index (χ4n) is 1.27. The van der Waals surface area contributed by atoms with E-state index >= 15 is 0 Å². The third kappa shape index (κ3) is 4.44. The Hall–Kier alpha value is -1.62. The standard InChI is InChI=1S/C10H5Cl2F7N2O2/c11-2-1-3(21-8(20)22)5(13)4(12)6(2)23-10(18,19)7(14)9(15,16)17/h1,7H,(H3,20,21,22). The molecule has 0 aliphatic carbocycles. The predicted molar refractivity (Wildman–Crippen MR) is 66.2 cm³/mol. The number of amides is 2. The van der Waals surface area contributed by atoms with E-state index in [1.165, 1.54) is 0 Å². The lowest BCUT2D eigenvalue weighted by molar-refractivity contribution is -0.304. The number of anilines is 1. The van der Waals surface area contributed by atoms with E-state index in [4.69, 9.17) is 28.9 Å². The largest absolute Gasteiger partial charge is 0.439 e. The third-order valence-electron chi connectivity index (χ3n) is 2.19. The van der Waals surface area contributed by atoms with E-state index in [0.717, 1.165) is 0 Å². The molecule has 1 unspecified atom stereocenters. The Morgan fingerprint density at radius 1 is 1.26 bits per heavy atom. The smallest absolute Gasteiger partial charge is 0.427 e. The number of alkyl halides is 6. The monoisotopic (exact) mass is 388 g/mol. The molecule has 13 heteroatoms. The van der Waals surface area contributed by atoms with E-state index in [1.54, 1.807) is 5.32 Å². The van der Waals surface area contributed by atoms with Crippen molar-refractivity contribution in [3.63, 3.8) is 0 Å². The number of carbonyl (C=O) groups excluding carboxylic acids is 1. The van der Waals surface area contributed by atoms with E-state index < -0.39 is 51.8 Å². The van der Waals surface area contributed by atoms with Crippen LogP contribution in [-0.4, -0.2) is 24.5 Å². The number of hydrogen-bond acceptors (Lipinski definition) is 2. The molecular formula is C10H5Cl2F7N2O2. The Bertz CT molecular complexity index is 624. The number of primary amides is 1. The molecule has 0 aliphatic rings. The lowest BCUT2D eigenvalue weighted by Gasteiger charge is -2.24. The zero-order chi connectivity index (χ0) is 18.2. The van der Waals surface area contributed by atoms with Gasteiger partial charge in [0.25, 0.3) is 6.17 Å². The molecule has 23 heavy (non-hydrogen) atoms. The number of nitrogens with two attached hydrogens (primary N) is 1. The number of nitrogens with one attached hydrogen (secondary N) is 1. The van der Waals surface area contributed by atoms with Gasteiger partial charge in [0, 0.05) is 0 Å². The summed E-state index contributed by atoms with van der Waals surface area (Å²) >= 11 is 10.7. The summed E-state index contributed by atoms with van der Waals surface area (Å²) < 4.78 is 92.3. The second-order valence-electron chi connectivity index (χ2n) is 3.92. The van der Waals surface area contributed by atoms with Crippen molar-refractivity contribution >= 4 is 34.9 Å². The van der Waals surface area contributed by atoms with Crippen molar-refractivity contribution in [1.29, 1.82) is 0 Å². The summed E-state index contributed by atoms with van der Waals surface area (Å²) in [4.78, 5) is 10.6. The molecule has 4 nitrogen and oxygen atoms in total. The Balaban J connectivity index is 3.25. The first-order valence-electron chi connectivity index (χ1n) is 5.29. The molecule has 0 aromatic heterocycles. The lowest BCUT2D eigenvalue weighted by atomic mass is 10.2. The van der Waals surface area contributed by atoms with Crippen LogP contribution in [0.15, 0.2) is 6.07 Å². The minimum atomic E-state index is -5.95. The molecule has 0 heterocycles. The van der Waals surface area contributed by atoms with Crippen LogP contribution in [0, 0.1) is 5.82 Å². The summed E-state index contributed by atoms with van der Waals surface area (Å²) in [6, 6.07) is -0.782. The minimum Gasteiger partial charge on any atom is -0.427 e. The molecule has 1 atom stereocenters. The molecule has 2 amide bonds. The van der Waals surface area contributed by atoms with Crippen LogP contribution in [-0.2, 0) is 0 Å². The van der Waals surface area contributed by atoms with Gasteiger partial charge in [0.15, 0.2) is 11.6 Å². The highest BCUT2D eigenvalue weighted by molar-refractivity contribution is 6.37. The molecule has 0 bridgehead atoms. The number of urea groups is 1. The van der Waals surface area contributed by atoms with Crippen molar-refractivity contribution in [2.45, 2.75) is 18.5 Å². The van der Waals surface area contributed by atoms with Crippen molar-refractivity contribution < 1.29 is 40.3 Å². The zero-order valence-corrected chi connectivity index (χ0v) is 12.0. The summed E-state index contributed by atoms with van der Waals surface area (Å²) in [5.74, 6) is -3.03. The molecule has 1 aromatic rings. The number of ether oxygens (including phenoxy) is 1. The van der Waals surface area contributed by atoms with Gasteiger partial charge in [0.1, 0.15) is 5.02 Å². The molecule has 130 valence electrons. The topological polar surface area (TPSA) is 64.4 Å². The van der Waals surface area contributed by atoms with E-state index in [2.05, 4.69) is 4.74 Å². The number of carbonyl (C=O) groups is 1. The first kappa shape index (κ1) is 19.4. The van der Waals surface area contributed by atoms with Gasteiger partial charge in [0.05, 0.1) is 10.7 Å². The average Bonchev–Trinajstić information content (AvgIpc) is 2.38. The van der Waals surface area contributed by atoms with Crippen molar-refractivity contribution in [2.24, 2.45) is 5.73 Å². The Morgan fingerprint density at radius 2 is 1.78 bits per heavy atom. The molecule has 0 fully saturated rings. The van der Waals surface area contributed by atoms with Gasteiger partial charge in [-0.3, -0.25) is 0 Å². The van der Waals surface area contributed by atoms with E-state index in [-0.39, 0.29) is 0 Å². The maximum absolute atomic E-state index is 13.7. The number of benzene rings is 1. The highest BCUT2D eigenvalue weighted by atomic mass is 35.5. The summed E-state index contributed by atoms with van der Waals surface area (Å²) in [5, 5.41) is -0.542. The maximum Gasteiger partial charge on any atom is 0.439 e. The summed E-state index contributed by atoms with van der Waals surface area (Å²) in [6.45, 7) is 0. The van der Waals surface area contributed by atoms with Crippen LogP contribution in [0.3, 0.4) is 0 Å². The van der Waals surface area contributed by atoms with Gasteiger partial charge in [-0.1, -0.05) is 23.2 Å². The number of rotatable bonds is 4. The van der Waals surface area contributed by atoms with E-state index in [9.17, 15) is 35.5 Å². The van der Waals surface area contributed by atoms with Crippen LogP contribution in [0.1, 0.15) is 0 Å². The Kier molecular flexibility index (Phi) is 5.47. The molecule has 0 saturated heterocycles. The van der Waals surface area contributed by atoms with Gasteiger partial charge < -0.3 is 15.8 Å². The first-order chi connectivity index (χ1) is 10.3. The zero-order valence-electron chi connectivity index (χ0n) is 10.5. The number of halogens is 9. The Labute approximate surface area is 133 Å². The predicted octanol–water partition coefficient (Wildman–Crippen LogP) is 4.50. The highest BCUT2D eigenvalue weighted by Gasteiger charge is 2.59. The maximum atomic E-state index is 13.7. The van der Waals surface area contributed by atoms with Gasteiger partial charge in [-0.25, -0.2) is 13.6 Å². The summed E-state index contributed by atoms with van der Waals surface area (Å²) in [6.07, 6.45) is -16.1. The molecular weight excluding hydrogens is 384 g/mol. The van der Waals surface area contributed by atoms with Gasteiger partial charge in [-0.05, 0) is 6.07 Å². The minimum absolute atomic E-state index is 0.486. The van der Waals surface area contributed by atoms with Crippen molar-refractivity contribution in [2.75, 3.05) is 5.32 Å². The average molecular weight is 389 g/mol. The molecule has 0 aliphatic heterocycles. The quantitative estimate of drug-likeness (QED) is 0.589. The summed E-state index contributed by atoms with van der Waals surface area (Å²) in [7, 11) is 0. The van der Waals surface area contributed by atoms with Crippen LogP contribution in [0.5, 0.6) is 5.75 Å². The van der Waals surface area contributed by atoms with E-state index in [1.807, 2.05) is 0 Å². The second-order valence-corrected chi connectivity index (χ2v) is 4.71. The molecule has 1 aromatic carbocycles. The molecule has 0 spiro atoms. The van der Waals surface area contributed by atoms with E-state index in [0.29, 0.717) is 6.07 Å². The first-order valence-corrected chi connectivity index (χ1v) is 6.04. The van der Waals surface area contributed by atoms with Gasteiger partial charge in [-0.15, -0.1) is 0 Å². The molecule has 0 radical (unpaired) electrons. The van der Waals surface area contributed by atoms with Crippen molar-refractivity contribution in [3.05, 3.63) is 21.9 Å². The van der Waals surface area contributed by atoms with Crippen molar-refractivity contribution in [1.82, 2.24) is 0 Å². The van der Waals surface area contributed by atoms with Crippen molar-refractivity contribution in [3.8, 4) is 5.75 Å². The fraction of sp³-hybridized carbons (Fsp3) is 0.300. The molecule has 3 N–H and O–H groups in total. The SMILES string of the molecule is NC(=O)Nc1cc(Cl)c(OC(F)(F)C(F)C(F)(F)F)c(Cl)c1F. The highest BCUT2D eigenvalue weighted by Crippen LogP contribution is 2.44. The molecule has 1 rings (SSSR count). The van der Waals surface area contributed by atoms with Gasteiger partial charge in [0.2, 0.25) is 0 Å². The third-order valence-corrected chi connectivity index (χ3v) is 2.81. The molecule has 0 saturated carbocycles. The van der Waals surface area contributed by atoms with Crippen LogP contribution >= 0.6 is 23.2 Å². The van der Waals surface area contributed by atoms with Crippen LogP contribution < -0.4 is 15.8 Å². The lowest BCUT2D eigenvalue weighted by Crippen LogP contribution is -2.45. The number of hydrogen-bond donors (Lipinski definition) is 2. The van der Waals surface area contributed by atoms with Crippen LogP contribution in [0.25, 0.3) is 0 Å². The van der Waals surface area contributed by atoms with Gasteiger partial charge in [-0.2, -0.15) is 22.0 Å². The Morgan fingerprint density at radius 3 is 2.22 bits per heavy atom. The van der Waals surface area contributed by atoms with Crippen LogP contribution in [0.4, 0.5) is 41.2 Å². The fourth-order valence-corrected chi connectivity index (χ4v) is 1.81. The summed E-state index contributed by atoms with van der Waals surface area (Å²) in [5.41, 5.74) is 3.94. The van der Waals surface area contributed by atoms with Crippen LogP contribution in [0.2, 0.25) is 10.0 Å². The normalized spacial score (nSPS) is 13.6. The van der Waals surface area contributed by atoms with Gasteiger partial charge >= 0.3 is 18.3 Å².